The molecule has 1 aliphatic heterocycles. The molecule has 0 N–H and O–H groups in total. The van der Waals surface area contributed by atoms with E-state index in [1.54, 1.807) is 0 Å². The molecule has 2 aliphatic carbocycles. The van der Waals surface area contributed by atoms with Crippen molar-refractivity contribution in [2.75, 3.05) is 30.8 Å². The Bertz CT molecular complexity index is 507. The zero-order chi connectivity index (χ0) is 16.9. The normalized spacial score (nSPS) is 38.7. The van der Waals surface area contributed by atoms with Crippen LogP contribution >= 0.6 is 39.6 Å². The van der Waals surface area contributed by atoms with E-state index in [0.717, 1.165) is 17.3 Å². The molecular formula is C17H28I2O4. The van der Waals surface area contributed by atoms with Crippen molar-refractivity contribution in [1.29, 1.82) is 0 Å². The van der Waals surface area contributed by atoms with Gasteiger partial charge in [0, 0.05) is 0 Å². The minimum atomic E-state index is -1.34. The van der Waals surface area contributed by atoms with Crippen molar-refractivity contribution in [2.24, 2.45) is 23.7 Å². The Hall–Kier alpha value is 0.400. The monoisotopic (exact) mass is 550 g/mol. The molecule has 2 saturated carbocycles. The molecule has 4 nitrogen and oxygen atoms in total. The van der Waals surface area contributed by atoms with Crippen molar-refractivity contribution in [2.45, 2.75) is 29.3 Å². The van der Waals surface area contributed by atoms with Crippen LogP contribution in [-0.4, -0.2) is 52.2 Å². The van der Waals surface area contributed by atoms with Crippen LogP contribution < -0.4 is 0 Å². The first-order chi connectivity index (χ1) is 10.7. The summed E-state index contributed by atoms with van der Waals surface area (Å²) in [5.74, 6) is 1.08. The number of ether oxygens (including phenoxy) is 2. The summed E-state index contributed by atoms with van der Waals surface area (Å²) in [4.78, 5) is 34.2. The molecule has 0 amide bonds. The number of fused-ring (bicyclic) bond motifs is 5. The minimum absolute atomic E-state index is 0.00339. The summed E-state index contributed by atoms with van der Waals surface area (Å²) in [6, 6.07) is 0. The van der Waals surface area contributed by atoms with Crippen LogP contribution in [0.25, 0.3) is 0 Å². The first-order valence-electron chi connectivity index (χ1n) is 8.08. The fourth-order valence-corrected chi connectivity index (χ4v) is 17.0. The van der Waals surface area contributed by atoms with Crippen molar-refractivity contribution in [3.63, 3.8) is 0 Å². The third-order valence-corrected chi connectivity index (χ3v) is 15.9. The summed E-state index contributed by atoms with van der Waals surface area (Å²) >= 11 is -2.34. The summed E-state index contributed by atoms with van der Waals surface area (Å²) in [5, 5.41) is 0. The van der Waals surface area contributed by atoms with E-state index in [1.165, 1.54) is 0 Å². The van der Waals surface area contributed by atoms with Gasteiger partial charge in [0.15, 0.2) is 0 Å². The number of esters is 2. The molecule has 0 aromatic heterocycles. The van der Waals surface area contributed by atoms with Gasteiger partial charge in [-0.15, -0.1) is 0 Å². The molecule has 3 aliphatic rings. The summed E-state index contributed by atoms with van der Waals surface area (Å²) in [5.41, 5.74) is 0. The number of carbonyl (C=O) groups is 2. The predicted octanol–water partition coefficient (Wildman–Crippen LogP) is 3.02. The third-order valence-electron chi connectivity index (χ3n) is 5.84. The van der Waals surface area contributed by atoms with Crippen molar-refractivity contribution in [1.82, 2.24) is 0 Å². The van der Waals surface area contributed by atoms with Crippen LogP contribution in [0.4, 0.5) is 0 Å². The van der Waals surface area contributed by atoms with E-state index in [9.17, 15) is 9.59 Å². The van der Waals surface area contributed by atoms with Gasteiger partial charge in [0.2, 0.25) is 0 Å². The fourth-order valence-electron chi connectivity index (χ4n) is 4.48. The fraction of sp³-hybridized carbons (Fsp3) is 0.882. The zero-order valence-corrected chi connectivity index (χ0v) is 18.9. The zero-order valence-electron chi connectivity index (χ0n) is 14.6. The number of cyclic esters (lactones) is 1. The molecule has 3 fully saturated rings. The van der Waals surface area contributed by atoms with Gasteiger partial charge in [0.1, 0.15) is 0 Å². The summed E-state index contributed by atoms with van der Waals surface area (Å²) in [7, 11) is 0. The summed E-state index contributed by atoms with van der Waals surface area (Å²) in [6.45, 7) is 2.72. The maximum absolute atomic E-state index is 13.0. The Labute approximate surface area is 153 Å². The van der Waals surface area contributed by atoms with Crippen molar-refractivity contribution >= 4 is 51.6 Å². The molecule has 0 radical (unpaired) electrons. The summed E-state index contributed by atoms with van der Waals surface area (Å²) < 4.78 is 12.1. The van der Waals surface area contributed by atoms with Crippen LogP contribution in [0, 0.1) is 23.7 Å². The second-order valence-electron chi connectivity index (χ2n) is 7.66. The molecule has 1 heterocycles. The molecule has 3 rings (SSSR count). The van der Waals surface area contributed by atoms with Crippen LogP contribution in [-0.2, 0) is 19.1 Å². The Morgan fingerprint density at radius 3 is 2.57 bits per heavy atom. The van der Waals surface area contributed by atoms with E-state index < -0.39 is 39.6 Å². The maximum atomic E-state index is 13.0. The summed E-state index contributed by atoms with van der Waals surface area (Å²) in [6.07, 6.45) is 1.93. The van der Waals surface area contributed by atoms with E-state index >= 15 is 0 Å². The molecule has 23 heavy (non-hydrogen) atoms. The Morgan fingerprint density at radius 1 is 1.26 bits per heavy atom. The average molecular weight is 550 g/mol. The molecule has 1 saturated heterocycles. The molecule has 0 spiro atoms. The second kappa shape index (κ2) is 6.61. The third kappa shape index (κ3) is 3.15. The van der Waals surface area contributed by atoms with Gasteiger partial charge in [-0.25, -0.2) is 0 Å². The quantitative estimate of drug-likeness (QED) is 0.300. The first kappa shape index (κ1) is 18.2. The molecule has 0 aromatic carbocycles. The van der Waals surface area contributed by atoms with Crippen LogP contribution in [0.15, 0.2) is 0 Å². The topological polar surface area (TPSA) is 52.6 Å². The van der Waals surface area contributed by atoms with E-state index in [-0.39, 0.29) is 33.3 Å². The Balaban J connectivity index is 1.70. The van der Waals surface area contributed by atoms with Gasteiger partial charge in [-0.1, -0.05) is 0 Å². The van der Waals surface area contributed by atoms with Crippen molar-refractivity contribution < 1.29 is 19.1 Å². The average Bonchev–Trinajstić information content (AvgIpc) is 3.10. The number of rotatable bonds is 5. The van der Waals surface area contributed by atoms with Gasteiger partial charge < -0.3 is 0 Å². The molecule has 5 unspecified atom stereocenters. The molecule has 134 valence electrons. The van der Waals surface area contributed by atoms with Crippen LogP contribution in [0.1, 0.15) is 19.8 Å². The van der Waals surface area contributed by atoms with Crippen LogP contribution in [0.3, 0.4) is 0 Å². The first-order valence-corrected chi connectivity index (χ1v) is 19.3. The van der Waals surface area contributed by atoms with E-state index in [1.807, 2.05) is 0 Å². The predicted molar refractivity (Wildman–Crippen MR) is 109 cm³/mol. The molecule has 6 atom stereocenters. The number of hydrogen-bond acceptors (Lipinski definition) is 4. The van der Waals surface area contributed by atoms with Crippen molar-refractivity contribution in [3.05, 3.63) is 0 Å². The second-order valence-corrected chi connectivity index (χ2v) is 20.3. The van der Waals surface area contributed by atoms with Gasteiger partial charge in [0.25, 0.3) is 0 Å². The van der Waals surface area contributed by atoms with Gasteiger partial charge >= 0.3 is 154 Å². The van der Waals surface area contributed by atoms with Crippen LogP contribution in [0.2, 0.25) is 0 Å². The number of alkyl halides is 6. The standard InChI is InChI=1S/C17H28I2O4/c1-17(19(4)5,9-18(2)3)16(21)23-13-7-10-6-11(13)14-12(10)8-22-15(14)20/h10-14H,6-9H2,1-5H3/t10?,11-,12?,13?,14?,17?/m1/s1. The van der Waals surface area contributed by atoms with Gasteiger partial charge in [-0.05, 0) is 0 Å². The van der Waals surface area contributed by atoms with Gasteiger partial charge in [0.05, 0.1) is 0 Å². The van der Waals surface area contributed by atoms with Gasteiger partial charge in [-0.2, -0.15) is 0 Å². The number of halogens is 2. The number of hydrogen-bond donors (Lipinski definition) is 0. The van der Waals surface area contributed by atoms with E-state index in [2.05, 4.69) is 26.6 Å². The molecular weight excluding hydrogens is 522 g/mol. The van der Waals surface area contributed by atoms with Crippen LogP contribution in [0.5, 0.6) is 0 Å². The van der Waals surface area contributed by atoms with Crippen molar-refractivity contribution in [3.8, 4) is 0 Å². The molecule has 6 heteroatoms. The Morgan fingerprint density at radius 2 is 1.96 bits per heavy atom. The van der Waals surface area contributed by atoms with E-state index in [0.29, 0.717) is 18.4 Å². The Kier molecular flexibility index (Phi) is 5.23. The van der Waals surface area contributed by atoms with Gasteiger partial charge in [-0.3, -0.25) is 0 Å². The molecule has 2 bridgehead atoms. The molecule has 0 aromatic rings. The SMILES string of the molecule is CI(C)CC(C)(C(=O)OC1CC2C[C@H]1C1C(=O)OCC21)I(C)C. The van der Waals surface area contributed by atoms with E-state index in [4.69, 9.17) is 9.47 Å². The number of carbonyl (C=O) groups excluding carboxylic acids is 2.